The van der Waals surface area contributed by atoms with Gasteiger partial charge in [0.25, 0.3) is 0 Å². The molecule has 4 nitrogen and oxygen atoms in total. The third-order valence-electron chi connectivity index (χ3n) is 10.7. The number of benzene rings is 8. The molecule has 54 heavy (non-hydrogen) atoms. The number of fused-ring (bicyclic) bond motifs is 8. The predicted molar refractivity (Wildman–Crippen MR) is 225 cm³/mol. The predicted octanol–water partition coefficient (Wildman–Crippen LogP) is 12.8. The van der Waals surface area contributed by atoms with Crippen molar-refractivity contribution in [1.29, 1.82) is 0 Å². The number of hydrogen-bond acceptors (Lipinski definition) is 2. The highest BCUT2D eigenvalue weighted by atomic mass is 15.0. The summed E-state index contributed by atoms with van der Waals surface area (Å²) in [7, 11) is 0. The van der Waals surface area contributed by atoms with Gasteiger partial charge >= 0.3 is 0 Å². The number of aromatic nitrogens is 4. The van der Waals surface area contributed by atoms with Crippen LogP contribution in [0.3, 0.4) is 0 Å². The largest absolute Gasteiger partial charge is 0.307 e. The van der Waals surface area contributed by atoms with E-state index in [1.165, 1.54) is 48.9 Å². The van der Waals surface area contributed by atoms with Crippen LogP contribution in [0, 0.1) is 0 Å². The first-order valence-electron chi connectivity index (χ1n) is 18.3. The van der Waals surface area contributed by atoms with E-state index in [9.17, 15) is 0 Å². The Morgan fingerprint density at radius 3 is 1.43 bits per heavy atom. The van der Waals surface area contributed by atoms with E-state index in [0.29, 0.717) is 5.82 Å². The minimum absolute atomic E-state index is 0.688. The zero-order chi connectivity index (χ0) is 35.6. The monoisotopic (exact) mass is 688 g/mol. The van der Waals surface area contributed by atoms with Gasteiger partial charge in [0.2, 0.25) is 0 Å². The highest BCUT2D eigenvalue weighted by Gasteiger charge is 2.22. The lowest BCUT2D eigenvalue weighted by molar-refractivity contribution is 1.14. The second-order valence-corrected chi connectivity index (χ2v) is 13.8. The molecule has 0 aliphatic rings. The zero-order valence-electron chi connectivity index (χ0n) is 29.3. The van der Waals surface area contributed by atoms with Crippen LogP contribution in [-0.2, 0) is 0 Å². The molecule has 0 bridgehead atoms. The van der Waals surface area contributed by atoms with Crippen molar-refractivity contribution in [3.05, 3.63) is 194 Å². The molecule has 8 aromatic carbocycles. The van der Waals surface area contributed by atoms with Gasteiger partial charge in [-0.25, -0.2) is 9.97 Å². The van der Waals surface area contributed by atoms with E-state index in [1.807, 2.05) is 12.1 Å². The lowest BCUT2D eigenvalue weighted by Crippen LogP contribution is -2.00. The van der Waals surface area contributed by atoms with Crippen LogP contribution >= 0.6 is 0 Å². The Kier molecular flexibility index (Phi) is 6.82. The number of rotatable bonds is 5. The van der Waals surface area contributed by atoms with E-state index < -0.39 is 0 Å². The Morgan fingerprint density at radius 1 is 0.315 bits per heavy atom. The fourth-order valence-electron chi connectivity index (χ4n) is 8.23. The lowest BCUT2D eigenvalue weighted by Gasteiger charge is -2.14. The average molecular weight is 689 g/mol. The van der Waals surface area contributed by atoms with Gasteiger partial charge in [-0.3, -0.25) is 0 Å². The topological polar surface area (TPSA) is 35.6 Å². The minimum Gasteiger partial charge on any atom is -0.307 e. The Bertz CT molecular complexity index is 3150. The standard InChI is InChI=1S/C50H32N4/c1-3-15-34(16-4-1)44-32-45(35-17-5-2-6-18-35)52-50(51-44)37-20-13-21-38(31-37)53-46-24-11-9-22-40(46)42-28-29-43-41-23-10-12-25-47(41)54(49(43)48(42)53)39-27-26-33-14-7-8-19-36(33)30-39/h1-32H. The Labute approximate surface area is 311 Å². The molecule has 0 fully saturated rings. The van der Waals surface area contributed by atoms with E-state index in [-0.39, 0.29) is 0 Å². The maximum absolute atomic E-state index is 5.18. The first-order valence-corrected chi connectivity index (χ1v) is 18.3. The molecule has 0 aliphatic carbocycles. The molecule has 0 aliphatic heterocycles. The van der Waals surface area contributed by atoms with Gasteiger partial charge in [0.05, 0.1) is 33.5 Å². The van der Waals surface area contributed by atoms with Gasteiger partial charge in [-0.1, -0.05) is 152 Å². The summed E-state index contributed by atoms with van der Waals surface area (Å²) in [5, 5.41) is 7.32. The molecule has 0 N–H and O–H groups in total. The molecule has 0 atom stereocenters. The summed E-state index contributed by atoms with van der Waals surface area (Å²) < 4.78 is 4.89. The molecular weight excluding hydrogens is 657 g/mol. The molecule has 0 saturated heterocycles. The number of hydrogen-bond donors (Lipinski definition) is 0. The molecule has 0 saturated carbocycles. The number of para-hydroxylation sites is 2. The molecule has 4 heteroatoms. The smallest absolute Gasteiger partial charge is 0.160 e. The van der Waals surface area contributed by atoms with Crippen molar-refractivity contribution in [3.8, 4) is 45.3 Å². The third-order valence-corrected chi connectivity index (χ3v) is 10.7. The number of nitrogens with zero attached hydrogens (tertiary/aromatic N) is 4. The summed E-state index contributed by atoms with van der Waals surface area (Å²) >= 11 is 0. The molecule has 252 valence electrons. The van der Waals surface area contributed by atoms with Gasteiger partial charge < -0.3 is 9.13 Å². The SMILES string of the molecule is c1ccc(-c2cc(-c3ccccc3)nc(-c3cccc(-n4c5ccccc5c5ccc6c7ccccc7n(-c7ccc8ccccc8c7)c6c54)c3)n2)cc1. The van der Waals surface area contributed by atoms with Gasteiger partial charge in [0.15, 0.2) is 5.82 Å². The quantitative estimate of drug-likeness (QED) is 0.180. The van der Waals surface area contributed by atoms with Crippen molar-refractivity contribution < 1.29 is 0 Å². The van der Waals surface area contributed by atoms with E-state index in [0.717, 1.165) is 45.0 Å². The summed E-state index contributed by atoms with van der Waals surface area (Å²) in [6.45, 7) is 0. The fraction of sp³-hybridized carbons (Fsp3) is 0. The van der Waals surface area contributed by atoms with Crippen LogP contribution in [0.5, 0.6) is 0 Å². The lowest BCUT2D eigenvalue weighted by atomic mass is 10.1. The van der Waals surface area contributed by atoms with Crippen molar-refractivity contribution in [2.75, 3.05) is 0 Å². The third kappa shape index (κ3) is 4.78. The van der Waals surface area contributed by atoms with Gasteiger partial charge in [0, 0.05) is 49.6 Å². The molecule has 0 radical (unpaired) electrons. The molecular formula is C50H32N4. The molecule has 0 spiro atoms. The second-order valence-electron chi connectivity index (χ2n) is 13.8. The van der Waals surface area contributed by atoms with Crippen molar-refractivity contribution in [2.45, 2.75) is 0 Å². The summed E-state index contributed by atoms with van der Waals surface area (Å²) in [4.78, 5) is 10.4. The second kappa shape index (κ2) is 12.1. The fourth-order valence-corrected chi connectivity index (χ4v) is 8.23. The highest BCUT2D eigenvalue weighted by molar-refractivity contribution is 6.23. The van der Waals surface area contributed by atoms with E-state index in [1.54, 1.807) is 0 Å². The Hall–Kier alpha value is -7.30. The van der Waals surface area contributed by atoms with Crippen molar-refractivity contribution in [1.82, 2.24) is 19.1 Å². The van der Waals surface area contributed by atoms with Crippen LogP contribution in [0.2, 0.25) is 0 Å². The average Bonchev–Trinajstić information content (AvgIpc) is 3.77. The highest BCUT2D eigenvalue weighted by Crippen LogP contribution is 2.42. The molecule has 3 aromatic heterocycles. The zero-order valence-corrected chi connectivity index (χ0v) is 29.3. The van der Waals surface area contributed by atoms with Crippen LogP contribution in [0.15, 0.2) is 194 Å². The normalized spacial score (nSPS) is 11.7. The Balaban J connectivity index is 1.20. The maximum Gasteiger partial charge on any atom is 0.160 e. The molecule has 0 amide bonds. The van der Waals surface area contributed by atoms with E-state index >= 15 is 0 Å². The summed E-state index contributed by atoms with van der Waals surface area (Å²) in [6, 6.07) is 69.0. The van der Waals surface area contributed by atoms with E-state index in [2.05, 4.69) is 191 Å². The van der Waals surface area contributed by atoms with Gasteiger partial charge in [-0.2, -0.15) is 0 Å². The van der Waals surface area contributed by atoms with Crippen LogP contribution in [0.25, 0.3) is 99.7 Å². The molecule has 3 heterocycles. The maximum atomic E-state index is 5.18. The van der Waals surface area contributed by atoms with E-state index in [4.69, 9.17) is 9.97 Å². The first-order chi connectivity index (χ1) is 26.8. The van der Waals surface area contributed by atoms with Crippen LogP contribution in [0.4, 0.5) is 0 Å². The minimum atomic E-state index is 0.688. The van der Waals surface area contributed by atoms with Crippen LogP contribution < -0.4 is 0 Å². The molecule has 11 aromatic rings. The van der Waals surface area contributed by atoms with Crippen LogP contribution in [0.1, 0.15) is 0 Å². The van der Waals surface area contributed by atoms with Crippen molar-refractivity contribution >= 4 is 54.4 Å². The molecule has 0 unspecified atom stereocenters. The summed E-state index contributed by atoms with van der Waals surface area (Å²) in [5.74, 6) is 0.688. The van der Waals surface area contributed by atoms with Crippen LogP contribution in [-0.4, -0.2) is 19.1 Å². The van der Waals surface area contributed by atoms with Gasteiger partial charge in [-0.05, 0) is 53.2 Å². The summed E-state index contributed by atoms with van der Waals surface area (Å²) in [6.07, 6.45) is 0. The van der Waals surface area contributed by atoms with Crippen molar-refractivity contribution in [3.63, 3.8) is 0 Å². The summed E-state index contributed by atoms with van der Waals surface area (Å²) in [5.41, 5.74) is 11.7. The first kappa shape index (κ1) is 30.3. The Morgan fingerprint density at radius 2 is 0.815 bits per heavy atom. The molecule has 11 rings (SSSR count). The van der Waals surface area contributed by atoms with Gasteiger partial charge in [0.1, 0.15) is 0 Å². The van der Waals surface area contributed by atoms with Gasteiger partial charge in [-0.15, -0.1) is 0 Å². The van der Waals surface area contributed by atoms with Crippen molar-refractivity contribution in [2.24, 2.45) is 0 Å².